The molecule has 3 rings (SSSR count). The lowest BCUT2D eigenvalue weighted by Gasteiger charge is -2.37. The van der Waals surface area contributed by atoms with E-state index in [0.29, 0.717) is 18.0 Å². The standard InChI is InChI=1S/C17H22ClN7O2.2ClH/c1-11(24-7-3-2-4-15(24)16(19)26)17(27)20-9-12-8-13(18)5-6-14(12)25-10-21-22-23-25;;/h5-6,8,10-11,15H,2-4,7,9H2,1H3,(H2,19,26)(H,20,27);2*1H/t11-,15?;;/m0../s1. The first-order valence-corrected chi connectivity index (χ1v) is 9.19. The number of carbonyl (C=O) groups excluding carboxylic acids is 2. The number of aromatic nitrogens is 4. The number of hydrogen-bond donors (Lipinski definition) is 2. The minimum atomic E-state index is -0.460. The van der Waals surface area contributed by atoms with Crippen LogP contribution in [0, 0.1) is 0 Å². The highest BCUT2D eigenvalue weighted by Gasteiger charge is 2.33. The first-order valence-electron chi connectivity index (χ1n) is 8.82. The SMILES string of the molecule is C[C@@H](C(=O)NCc1cc(Cl)ccc1-n1cnnn1)N1CCCCC1C(N)=O.Cl.Cl. The molecule has 0 spiro atoms. The van der Waals surface area contributed by atoms with Crippen molar-refractivity contribution in [2.45, 2.75) is 44.8 Å². The van der Waals surface area contributed by atoms with Gasteiger partial charge in [-0.2, -0.15) is 0 Å². The van der Waals surface area contributed by atoms with E-state index in [1.807, 2.05) is 4.90 Å². The van der Waals surface area contributed by atoms with Crippen molar-refractivity contribution in [1.29, 1.82) is 0 Å². The molecule has 2 atom stereocenters. The highest BCUT2D eigenvalue weighted by molar-refractivity contribution is 6.30. The van der Waals surface area contributed by atoms with Crippen LogP contribution in [0.25, 0.3) is 5.69 Å². The van der Waals surface area contributed by atoms with E-state index in [9.17, 15) is 9.59 Å². The van der Waals surface area contributed by atoms with E-state index in [4.69, 9.17) is 17.3 Å². The molecular formula is C17H24Cl3N7O2. The highest BCUT2D eigenvalue weighted by Crippen LogP contribution is 2.21. The molecule has 1 saturated heterocycles. The molecule has 160 valence electrons. The molecule has 2 amide bonds. The number of benzene rings is 1. The number of nitrogens with two attached hydrogens (primary N) is 1. The van der Waals surface area contributed by atoms with Crippen LogP contribution in [-0.2, 0) is 16.1 Å². The number of nitrogens with zero attached hydrogens (tertiary/aromatic N) is 5. The number of amides is 2. The van der Waals surface area contributed by atoms with Crippen molar-refractivity contribution in [2.75, 3.05) is 6.54 Å². The summed E-state index contributed by atoms with van der Waals surface area (Å²) in [7, 11) is 0. The van der Waals surface area contributed by atoms with Crippen molar-refractivity contribution >= 4 is 48.2 Å². The monoisotopic (exact) mass is 463 g/mol. The Kier molecular flexibility index (Phi) is 9.78. The van der Waals surface area contributed by atoms with E-state index in [1.165, 1.54) is 11.0 Å². The molecule has 0 radical (unpaired) electrons. The molecule has 1 aromatic heterocycles. The largest absolute Gasteiger partial charge is 0.368 e. The molecule has 2 aromatic rings. The van der Waals surface area contributed by atoms with E-state index in [-0.39, 0.29) is 43.2 Å². The minimum absolute atomic E-state index is 0. The maximum absolute atomic E-state index is 12.7. The van der Waals surface area contributed by atoms with E-state index in [0.717, 1.165) is 24.1 Å². The van der Waals surface area contributed by atoms with E-state index < -0.39 is 12.1 Å². The molecule has 12 heteroatoms. The number of piperidine rings is 1. The van der Waals surface area contributed by atoms with Crippen molar-refractivity contribution in [2.24, 2.45) is 5.73 Å². The molecule has 0 saturated carbocycles. The summed E-state index contributed by atoms with van der Waals surface area (Å²) in [4.78, 5) is 26.3. The Morgan fingerprint density at radius 2 is 2.10 bits per heavy atom. The maximum atomic E-state index is 12.7. The number of nitrogens with one attached hydrogen (secondary N) is 1. The molecule has 0 bridgehead atoms. The molecule has 2 heterocycles. The molecular weight excluding hydrogens is 441 g/mol. The normalized spacial score (nSPS) is 17.5. The third-order valence-corrected chi connectivity index (χ3v) is 5.08. The predicted molar refractivity (Wildman–Crippen MR) is 114 cm³/mol. The Labute approximate surface area is 186 Å². The zero-order valence-electron chi connectivity index (χ0n) is 15.8. The number of rotatable bonds is 6. The summed E-state index contributed by atoms with van der Waals surface area (Å²) in [6.45, 7) is 2.72. The van der Waals surface area contributed by atoms with Crippen molar-refractivity contribution in [3.05, 3.63) is 35.1 Å². The summed E-state index contributed by atoms with van der Waals surface area (Å²) >= 11 is 6.10. The first kappa shape index (κ1) is 25.1. The summed E-state index contributed by atoms with van der Waals surface area (Å²) in [5, 5.41) is 14.6. The van der Waals surface area contributed by atoms with Crippen molar-refractivity contribution in [3.8, 4) is 5.69 Å². The molecule has 29 heavy (non-hydrogen) atoms. The molecule has 1 aromatic carbocycles. The van der Waals surface area contributed by atoms with Crippen molar-refractivity contribution < 1.29 is 9.59 Å². The molecule has 1 aliphatic heterocycles. The molecule has 3 N–H and O–H groups in total. The van der Waals surface area contributed by atoms with E-state index >= 15 is 0 Å². The van der Waals surface area contributed by atoms with Crippen LogP contribution < -0.4 is 11.1 Å². The van der Waals surface area contributed by atoms with Gasteiger partial charge < -0.3 is 11.1 Å². The lowest BCUT2D eigenvalue weighted by molar-refractivity contribution is -0.132. The third kappa shape index (κ3) is 6.02. The lowest BCUT2D eigenvalue weighted by atomic mass is 9.99. The van der Waals surface area contributed by atoms with Gasteiger partial charge in [-0.05, 0) is 60.5 Å². The Morgan fingerprint density at radius 1 is 1.34 bits per heavy atom. The van der Waals surface area contributed by atoms with E-state index in [2.05, 4.69) is 20.8 Å². The minimum Gasteiger partial charge on any atom is -0.368 e. The quantitative estimate of drug-likeness (QED) is 0.669. The maximum Gasteiger partial charge on any atom is 0.237 e. The highest BCUT2D eigenvalue weighted by atomic mass is 35.5. The second-order valence-corrected chi connectivity index (χ2v) is 7.01. The second kappa shape index (κ2) is 11.3. The second-order valence-electron chi connectivity index (χ2n) is 6.57. The average Bonchev–Trinajstić information content (AvgIpc) is 3.20. The zero-order chi connectivity index (χ0) is 19.4. The number of hydrogen-bond acceptors (Lipinski definition) is 6. The van der Waals surface area contributed by atoms with Gasteiger partial charge in [0.1, 0.15) is 6.33 Å². The first-order chi connectivity index (χ1) is 13.0. The Bertz CT molecular complexity index is 819. The van der Waals surface area contributed by atoms with Crippen LogP contribution in [0.3, 0.4) is 0 Å². The van der Waals surface area contributed by atoms with Crippen LogP contribution in [0.5, 0.6) is 0 Å². The third-order valence-electron chi connectivity index (χ3n) is 4.84. The van der Waals surface area contributed by atoms with Crippen LogP contribution in [0.2, 0.25) is 5.02 Å². The van der Waals surface area contributed by atoms with Crippen LogP contribution in [0.15, 0.2) is 24.5 Å². The number of tetrazole rings is 1. The van der Waals surface area contributed by atoms with Gasteiger partial charge in [0, 0.05) is 11.6 Å². The Balaban J connectivity index is 0.00000210. The van der Waals surface area contributed by atoms with Crippen LogP contribution in [0.4, 0.5) is 0 Å². The summed E-state index contributed by atoms with van der Waals surface area (Å²) in [5.74, 6) is -0.559. The fourth-order valence-corrected chi connectivity index (χ4v) is 3.59. The summed E-state index contributed by atoms with van der Waals surface area (Å²) in [5.41, 5.74) is 7.01. The Morgan fingerprint density at radius 3 is 2.76 bits per heavy atom. The van der Waals surface area contributed by atoms with Gasteiger partial charge in [0.15, 0.2) is 0 Å². The molecule has 1 aliphatic rings. The number of likely N-dealkylation sites (tertiary alicyclic amines) is 1. The van der Waals surface area contributed by atoms with Gasteiger partial charge >= 0.3 is 0 Å². The van der Waals surface area contributed by atoms with Crippen molar-refractivity contribution in [1.82, 2.24) is 30.4 Å². The fraction of sp³-hybridized carbons (Fsp3) is 0.471. The predicted octanol–water partition coefficient (Wildman–Crippen LogP) is 1.50. The van der Waals surface area contributed by atoms with E-state index in [1.54, 1.807) is 25.1 Å². The van der Waals surface area contributed by atoms with Gasteiger partial charge in [0.05, 0.1) is 17.8 Å². The zero-order valence-corrected chi connectivity index (χ0v) is 18.2. The molecule has 0 aliphatic carbocycles. The summed E-state index contributed by atoms with van der Waals surface area (Å²) in [6, 6.07) is 4.42. The summed E-state index contributed by atoms with van der Waals surface area (Å²) in [6.07, 6.45) is 4.04. The van der Waals surface area contributed by atoms with Gasteiger partial charge in [-0.3, -0.25) is 14.5 Å². The number of carbonyl (C=O) groups is 2. The lowest BCUT2D eigenvalue weighted by Crippen LogP contribution is -2.55. The van der Waals surface area contributed by atoms with Gasteiger partial charge in [-0.25, -0.2) is 4.68 Å². The smallest absolute Gasteiger partial charge is 0.237 e. The summed E-state index contributed by atoms with van der Waals surface area (Å²) < 4.78 is 1.51. The van der Waals surface area contributed by atoms with Crippen LogP contribution in [0.1, 0.15) is 31.7 Å². The molecule has 1 unspecified atom stereocenters. The van der Waals surface area contributed by atoms with Gasteiger partial charge in [-0.15, -0.1) is 29.9 Å². The topological polar surface area (TPSA) is 119 Å². The fourth-order valence-electron chi connectivity index (χ4n) is 3.39. The van der Waals surface area contributed by atoms with Gasteiger partial charge in [0.2, 0.25) is 11.8 Å². The molecule has 9 nitrogen and oxygen atoms in total. The number of primary amides is 1. The van der Waals surface area contributed by atoms with Crippen LogP contribution in [-0.4, -0.2) is 55.5 Å². The molecule has 1 fully saturated rings. The Hall–Kier alpha value is -1.94. The van der Waals surface area contributed by atoms with Crippen molar-refractivity contribution in [3.63, 3.8) is 0 Å². The number of halogens is 3. The van der Waals surface area contributed by atoms with Gasteiger partial charge in [0.25, 0.3) is 0 Å². The van der Waals surface area contributed by atoms with Gasteiger partial charge in [-0.1, -0.05) is 18.0 Å². The average molecular weight is 465 g/mol. The van der Waals surface area contributed by atoms with Crippen LogP contribution >= 0.6 is 36.4 Å².